The molecule has 1 saturated heterocycles. The van der Waals surface area contributed by atoms with Crippen LogP contribution in [0, 0.1) is 5.41 Å². The van der Waals surface area contributed by atoms with E-state index >= 15 is 0 Å². The van der Waals surface area contributed by atoms with Crippen LogP contribution in [0.2, 0.25) is 0 Å². The molecule has 1 aliphatic carbocycles. The van der Waals surface area contributed by atoms with Gasteiger partial charge in [-0.2, -0.15) is 5.10 Å². The van der Waals surface area contributed by atoms with E-state index in [-0.39, 0.29) is 18.2 Å². The molecule has 2 heterocycles. The number of nitrogens with zero attached hydrogens (tertiary/aromatic N) is 2. The maximum Gasteiger partial charge on any atom is 0.331 e. The van der Waals surface area contributed by atoms with Crippen LogP contribution in [0.1, 0.15) is 56.3 Å². The Morgan fingerprint density at radius 2 is 1.58 bits per heavy atom. The van der Waals surface area contributed by atoms with E-state index in [4.69, 9.17) is 9.47 Å². The molecular formula is C29H24N2O5. The highest BCUT2D eigenvalue weighted by Gasteiger charge is 2.73. The molecule has 2 aliphatic heterocycles. The van der Waals surface area contributed by atoms with Gasteiger partial charge in [-0.3, -0.25) is 14.6 Å². The zero-order valence-electron chi connectivity index (χ0n) is 19.9. The van der Waals surface area contributed by atoms with Crippen LogP contribution in [0.3, 0.4) is 0 Å². The highest BCUT2D eigenvalue weighted by Crippen LogP contribution is 2.64. The second kappa shape index (κ2) is 8.16. The number of ketones is 2. The molecule has 0 amide bonds. The van der Waals surface area contributed by atoms with Crippen molar-refractivity contribution in [2.75, 3.05) is 13.7 Å². The number of fused-ring (bicyclic) bond motifs is 5. The van der Waals surface area contributed by atoms with Crippen LogP contribution >= 0.6 is 0 Å². The number of carbonyl (C=O) groups is 3. The van der Waals surface area contributed by atoms with Crippen molar-refractivity contribution in [2.24, 2.45) is 10.5 Å². The van der Waals surface area contributed by atoms with Crippen LogP contribution in [0.5, 0.6) is 5.75 Å². The Hall–Kier alpha value is -4.26. The van der Waals surface area contributed by atoms with Gasteiger partial charge in [0.1, 0.15) is 11.2 Å². The monoisotopic (exact) mass is 480 g/mol. The quantitative estimate of drug-likeness (QED) is 0.411. The minimum Gasteiger partial charge on any atom is -0.497 e. The Bertz CT molecular complexity index is 1390. The largest absolute Gasteiger partial charge is 0.497 e. The Morgan fingerprint density at radius 1 is 0.944 bits per heavy atom. The van der Waals surface area contributed by atoms with Crippen molar-refractivity contribution in [1.82, 2.24) is 5.01 Å². The zero-order chi connectivity index (χ0) is 25.0. The van der Waals surface area contributed by atoms with Crippen LogP contribution in [0.15, 0.2) is 77.9 Å². The van der Waals surface area contributed by atoms with Crippen molar-refractivity contribution in [2.45, 2.75) is 24.9 Å². The van der Waals surface area contributed by atoms with E-state index in [0.717, 1.165) is 11.1 Å². The average molecular weight is 481 g/mol. The summed E-state index contributed by atoms with van der Waals surface area (Å²) in [4.78, 5) is 42.5. The van der Waals surface area contributed by atoms with E-state index in [9.17, 15) is 14.4 Å². The molecule has 0 saturated carbocycles. The van der Waals surface area contributed by atoms with Gasteiger partial charge in [-0.15, -0.1) is 0 Å². The molecule has 3 aromatic rings. The fourth-order valence-corrected chi connectivity index (χ4v) is 6.16. The Labute approximate surface area is 208 Å². The Kier molecular flexibility index (Phi) is 5.03. The maximum absolute atomic E-state index is 14.5. The number of methoxy groups -OCH3 is 1. The van der Waals surface area contributed by atoms with Crippen LogP contribution < -0.4 is 4.74 Å². The molecule has 0 N–H and O–H groups in total. The van der Waals surface area contributed by atoms with Crippen molar-refractivity contribution in [3.05, 3.63) is 101 Å². The highest BCUT2D eigenvalue weighted by molar-refractivity contribution is 6.31. The van der Waals surface area contributed by atoms with Crippen molar-refractivity contribution < 1.29 is 23.9 Å². The number of hydrogen-bond donors (Lipinski definition) is 0. The van der Waals surface area contributed by atoms with Crippen molar-refractivity contribution in [3.8, 4) is 5.75 Å². The summed E-state index contributed by atoms with van der Waals surface area (Å²) in [5.74, 6) is -1.31. The molecule has 3 aromatic carbocycles. The summed E-state index contributed by atoms with van der Waals surface area (Å²) >= 11 is 0. The van der Waals surface area contributed by atoms with Gasteiger partial charge in [0.2, 0.25) is 0 Å². The van der Waals surface area contributed by atoms with Gasteiger partial charge in [0, 0.05) is 17.0 Å². The summed E-state index contributed by atoms with van der Waals surface area (Å²) in [6.45, 7) is 1.90. The van der Waals surface area contributed by atoms with Crippen LogP contribution in [-0.2, 0) is 9.53 Å². The van der Waals surface area contributed by atoms with E-state index in [1.807, 2.05) is 36.4 Å². The number of carbonyl (C=O) groups excluding carboxylic acids is 3. The normalized spacial score (nSPS) is 22.8. The van der Waals surface area contributed by atoms with E-state index in [1.165, 1.54) is 0 Å². The fraction of sp³-hybridized carbons (Fsp3) is 0.241. The molecule has 0 radical (unpaired) electrons. The minimum absolute atomic E-state index is 0.165. The van der Waals surface area contributed by atoms with E-state index in [2.05, 4.69) is 5.10 Å². The van der Waals surface area contributed by atoms with Gasteiger partial charge in [-0.1, -0.05) is 60.7 Å². The molecular weight excluding hydrogens is 456 g/mol. The number of hydrazone groups is 1. The third-order valence-electron chi connectivity index (χ3n) is 7.58. The van der Waals surface area contributed by atoms with Gasteiger partial charge in [0.15, 0.2) is 17.6 Å². The Morgan fingerprint density at radius 3 is 2.22 bits per heavy atom. The number of ether oxygens (including phenoxy) is 2. The highest BCUT2D eigenvalue weighted by atomic mass is 16.5. The third kappa shape index (κ3) is 2.80. The summed E-state index contributed by atoms with van der Waals surface area (Å²) in [7, 11) is 1.57. The lowest BCUT2D eigenvalue weighted by atomic mass is 9.63. The molecule has 0 aromatic heterocycles. The van der Waals surface area contributed by atoms with Gasteiger partial charge >= 0.3 is 5.97 Å². The first kappa shape index (κ1) is 22.2. The number of rotatable bonds is 4. The van der Waals surface area contributed by atoms with Gasteiger partial charge in [-0.05, 0) is 35.7 Å². The maximum atomic E-state index is 14.5. The second-order valence-electron chi connectivity index (χ2n) is 9.18. The summed E-state index contributed by atoms with van der Waals surface area (Å²) in [6.07, 6.45) is 1.68. The lowest BCUT2D eigenvalue weighted by Gasteiger charge is -2.36. The summed E-state index contributed by atoms with van der Waals surface area (Å²) in [5, 5.41) is 6.28. The molecule has 36 heavy (non-hydrogen) atoms. The van der Waals surface area contributed by atoms with Crippen molar-refractivity contribution >= 4 is 23.8 Å². The average Bonchev–Trinajstić information content (AvgIpc) is 3.35. The molecule has 1 fully saturated rings. The number of hydrogen-bond acceptors (Lipinski definition) is 7. The SMILES string of the molecule is CCOC(=O)[C@H]1[C@@H](c2ccc(OC)cc2)C2(C(=O)c3ccccc3C2=O)[C@H]2c3ccccc3C=NN12. The smallest absolute Gasteiger partial charge is 0.331 e. The minimum atomic E-state index is -1.59. The number of benzene rings is 3. The molecule has 6 rings (SSSR count). The molecule has 180 valence electrons. The molecule has 0 bridgehead atoms. The summed E-state index contributed by atoms with van der Waals surface area (Å²) in [5.41, 5.74) is 1.42. The van der Waals surface area contributed by atoms with E-state index in [1.54, 1.807) is 61.7 Å². The first-order valence-corrected chi connectivity index (χ1v) is 11.9. The number of Topliss-reactive ketones (excluding diaryl/α,β-unsaturated/α-hetero) is 2. The zero-order valence-corrected chi connectivity index (χ0v) is 19.9. The molecule has 7 heteroatoms. The third-order valence-corrected chi connectivity index (χ3v) is 7.58. The molecule has 0 unspecified atom stereocenters. The first-order valence-electron chi connectivity index (χ1n) is 11.9. The summed E-state index contributed by atoms with van der Waals surface area (Å²) < 4.78 is 10.8. The van der Waals surface area contributed by atoms with Crippen LogP contribution in [0.4, 0.5) is 0 Å². The standard InChI is InChI=1S/C29H24N2O5/c1-3-36-28(34)24-23(17-12-14-19(35-2)15-13-17)29(26(32)21-10-6-7-11-22(21)27(29)33)25-20-9-5-4-8-18(20)16-30-31(24)25/h4-16,23-25H,3H2,1-2H3/t23-,24-,25-/m1/s1. The first-order chi connectivity index (χ1) is 17.5. The summed E-state index contributed by atoms with van der Waals surface area (Å²) in [6, 6.07) is 19.9. The lowest BCUT2D eigenvalue weighted by Crippen LogP contribution is -2.44. The molecule has 3 aliphatic rings. The van der Waals surface area contributed by atoms with Gasteiger partial charge in [0.25, 0.3) is 0 Å². The van der Waals surface area contributed by atoms with Gasteiger partial charge < -0.3 is 9.47 Å². The van der Waals surface area contributed by atoms with Gasteiger partial charge in [-0.25, -0.2) is 4.79 Å². The van der Waals surface area contributed by atoms with Crippen molar-refractivity contribution in [3.63, 3.8) is 0 Å². The van der Waals surface area contributed by atoms with E-state index < -0.39 is 29.4 Å². The predicted molar refractivity (Wildman–Crippen MR) is 132 cm³/mol. The molecule has 1 spiro atoms. The van der Waals surface area contributed by atoms with Gasteiger partial charge in [0.05, 0.1) is 26.0 Å². The predicted octanol–water partition coefficient (Wildman–Crippen LogP) is 4.18. The fourth-order valence-electron chi connectivity index (χ4n) is 6.16. The lowest BCUT2D eigenvalue weighted by molar-refractivity contribution is -0.149. The van der Waals surface area contributed by atoms with Crippen molar-refractivity contribution in [1.29, 1.82) is 0 Å². The molecule has 7 nitrogen and oxygen atoms in total. The topological polar surface area (TPSA) is 85.3 Å². The van der Waals surface area contributed by atoms with Crippen LogP contribution in [0.25, 0.3) is 0 Å². The van der Waals surface area contributed by atoms with Crippen LogP contribution in [-0.4, -0.2) is 48.5 Å². The Balaban J connectivity index is 1.67. The second-order valence-corrected chi connectivity index (χ2v) is 9.18. The molecule has 3 atom stereocenters. The van der Waals surface area contributed by atoms with E-state index in [0.29, 0.717) is 22.4 Å². The number of esters is 1.